The zero-order chi connectivity index (χ0) is 15.0. The van der Waals surface area contributed by atoms with E-state index in [9.17, 15) is 0 Å². The molecule has 1 aliphatic carbocycles. The Kier molecular flexibility index (Phi) is 4.02. The first-order valence-electron chi connectivity index (χ1n) is 8.18. The van der Waals surface area contributed by atoms with Crippen LogP contribution in [-0.2, 0) is 0 Å². The third-order valence-electron chi connectivity index (χ3n) is 5.15. The summed E-state index contributed by atoms with van der Waals surface area (Å²) in [4.78, 5) is 11.2. The third kappa shape index (κ3) is 3.12. The van der Waals surface area contributed by atoms with Crippen molar-refractivity contribution in [1.29, 1.82) is 0 Å². The molecule has 0 unspecified atom stereocenters. The molecule has 2 aliphatic rings. The average Bonchev–Trinajstić information content (AvgIpc) is 2.43. The van der Waals surface area contributed by atoms with Crippen molar-refractivity contribution in [2.45, 2.75) is 51.5 Å². The Balaban J connectivity index is 1.71. The summed E-state index contributed by atoms with van der Waals surface area (Å²) in [7, 11) is 0. The van der Waals surface area contributed by atoms with Gasteiger partial charge in [-0.25, -0.2) is 4.98 Å². The van der Waals surface area contributed by atoms with Crippen LogP contribution in [0.15, 0.2) is 6.07 Å². The van der Waals surface area contributed by atoms with Crippen molar-refractivity contribution in [1.82, 2.24) is 9.97 Å². The van der Waals surface area contributed by atoms with E-state index < -0.39 is 0 Å². The average molecular weight is 289 g/mol. The maximum Gasteiger partial charge on any atom is 0.222 e. The molecule has 1 aliphatic heterocycles. The lowest BCUT2D eigenvalue weighted by Crippen LogP contribution is -2.37. The number of hydrogen-bond donors (Lipinski definition) is 2. The molecule has 2 heterocycles. The van der Waals surface area contributed by atoms with Crippen LogP contribution in [0.3, 0.4) is 0 Å². The third-order valence-corrected chi connectivity index (χ3v) is 5.15. The van der Waals surface area contributed by atoms with E-state index in [4.69, 9.17) is 11.5 Å². The summed E-state index contributed by atoms with van der Waals surface area (Å²) >= 11 is 0. The maximum absolute atomic E-state index is 5.91. The molecule has 1 saturated carbocycles. The number of nitrogens with zero attached hydrogens (tertiary/aromatic N) is 3. The molecule has 0 bridgehead atoms. The Labute approximate surface area is 127 Å². The van der Waals surface area contributed by atoms with Crippen molar-refractivity contribution in [3.63, 3.8) is 0 Å². The van der Waals surface area contributed by atoms with Crippen molar-refractivity contribution in [3.8, 4) is 0 Å². The van der Waals surface area contributed by atoms with E-state index in [0.717, 1.165) is 49.3 Å². The molecule has 21 heavy (non-hydrogen) atoms. The fourth-order valence-corrected chi connectivity index (χ4v) is 3.54. The van der Waals surface area contributed by atoms with Crippen LogP contribution in [0.2, 0.25) is 0 Å². The Morgan fingerprint density at radius 3 is 2.43 bits per heavy atom. The molecule has 1 aromatic heterocycles. The molecule has 0 atom stereocenters. The smallest absolute Gasteiger partial charge is 0.222 e. The van der Waals surface area contributed by atoms with Crippen LogP contribution in [0.25, 0.3) is 0 Å². The summed E-state index contributed by atoms with van der Waals surface area (Å²) in [5.41, 5.74) is 12.9. The Morgan fingerprint density at radius 1 is 1.19 bits per heavy atom. The number of rotatable bonds is 3. The molecule has 1 aromatic rings. The second-order valence-electron chi connectivity index (χ2n) is 7.01. The predicted octanol–water partition coefficient (Wildman–Crippen LogP) is 2.14. The number of nitrogen functional groups attached to an aromatic ring is 1. The molecule has 5 heteroatoms. The SMILES string of the molecule is CC(C)C1CCN(c2cc(C3CC(N)C3)nc(N)n2)CC1. The first-order valence-corrected chi connectivity index (χ1v) is 8.18. The molecule has 0 amide bonds. The largest absolute Gasteiger partial charge is 0.368 e. The van der Waals surface area contributed by atoms with Crippen molar-refractivity contribution in [3.05, 3.63) is 11.8 Å². The van der Waals surface area contributed by atoms with Gasteiger partial charge in [0.05, 0.1) is 5.69 Å². The highest BCUT2D eigenvalue weighted by Crippen LogP contribution is 2.36. The normalized spacial score (nSPS) is 27.0. The van der Waals surface area contributed by atoms with Crippen LogP contribution in [-0.4, -0.2) is 29.1 Å². The highest BCUT2D eigenvalue weighted by Gasteiger charge is 2.30. The van der Waals surface area contributed by atoms with Gasteiger partial charge in [-0.05, 0) is 37.5 Å². The Hall–Kier alpha value is -1.36. The summed E-state index contributed by atoms with van der Waals surface area (Å²) in [6.45, 7) is 6.79. The number of piperidine rings is 1. The zero-order valence-corrected chi connectivity index (χ0v) is 13.1. The topological polar surface area (TPSA) is 81.1 Å². The van der Waals surface area contributed by atoms with E-state index in [2.05, 4.69) is 34.8 Å². The van der Waals surface area contributed by atoms with Crippen LogP contribution in [0.1, 0.15) is 51.1 Å². The minimum absolute atomic E-state index is 0.330. The van der Waals surface area contributed by atoms with E-state index in [1.54, 1.807) is 0 Å². The first kappa shape index (κ1) is 14.6. The predicted molar refractivity (Wildman–Crippen MR) is 86.2 cm³/mol. The van der Waals surface area contributed by atoms with Crippen LogP contribution in [0.4, 0.5) is 11.8 Å². The second kappa shape index (κ2) is 5.79. The van der Waals surface area contributed by atoms with E-state index in [1.807, 2.05) is 0 Å². The zero-order valence-electron chi connectivity index (χ0n) is 13.1. The Morgan fingerprint density at radius 2 is 1.86 bits per heavy atom. The fourth-order valence-electron chi connectivity index (χ4n) is 3.54. The van der Waals surface area contributed by atoms with E-state index >= 15 is 0 Å². The van der Waals surface area contributed by atoms with Crippen LogP contribution in [0, 0.1) is 11.8 Å². The van der Waals surface area contributed by atoms with E-state index in [1.165, 1.54) is 12.8 Å². The van der Waals surface area contributed by atoms with Gasteiger partial charge in [0, 0.05) is 31.1 Å². The van der Waals surface area contributed by atoms with Crippen molar-refractivity contribution in [2.24, 2.45) is 17.6 Å². The molecular formula is C16H27N5. The number of aromatic nitrogens is 2. The fraction of sp³-hybridized carbons (Fsp3) is 0.750. The van der Waals surface area contributed by atoms with Gasteiger partial charge in [0.2, 0.25) is 5.95 Å². The molecule has 1 saturated heterocycles. The molecule has 3 rings (SSSR count). The van der Waals surface area contributed by atoms with Gasteiger partial charge in [0.1, 0.15) is 5.82 Å². The second-order valence-corrected chi connectivity index (χ2v) is 7.01. The first-order chi connectivity index (χ1) is 10.0. The van der Waals surface area contributed by atoms with Gasteiger partial charge in [-0.15, -0.1) is 0 Å². The minimum Gasteiger partial charge on any atom is -0.368 e. The minimum atomic E-state index is 0.330. The van der Waals surface area contributed by atoms with Gasteiger partial charge in [0.25, 0.3) is 0 Å². The molecule has 4 N–H and O–H groups in total. The van der Waals surface area contributed by atoms with Crippen LogP contribution in [0.5, 0.6) is 0 Å². The summed E-state index contributed by atoms with van der Waals surface area (Å²) in [5, 5.41) is 0. The highest BCUT2D eigenvalue weighted by atomic mass is 15.2. The maximum atomic E-state index is 5.91. The lowest BCUT2D eigenvalue weighted by molar-refractivity contribution is 0.310. The van der Waals surface area contributed by atoms with Crippen molar-refractivity contribution < 1.29 is 0 Å². The van der Waals surface area contributed by atoms with Gasteiger partial charge in [0.15, 0.2) is 0 Å². The summed E-state index contributed by atoms with van der Waals surface area (Å²) in [5.74, 6) is 3.48. The van der Waals surface area contributed by atoms with E-state index in [-0.39, 0.29) is 0 Å². The molecule has 0 aromatic carbocycles. The van der Waals surface area contributed by atoms with Gasteiger partial charge in [-0.2, -0.15) is 4.98 Å². The van der Waals surface area contributed by atoms with Crippen LogP contribution < -0.4 is 16.4 Å². The summed E-state index contributed by atoms with van der Waals surface area (Å²) < 4.78 is 0. The van der Waals surface area contributed by atoms with Gasteiger partial charge in [-0.1, -0.05) is 13.8 Å². The molecule has 0 spiro atoms. The lowest BCUT2D eigenvalue weighted by atomic mass is 9.78. The molecule has 5 nitrogen and oxygen atoms in total. The molecule has 116 valence electrons. The standard InChI is InChI=1S/C16H27N5/c1-10(2)11-3-5-21(6-4-11)15-9-14(19-16(18)20-15)12-7-13(17)8-12/h9-13H,3-8,17H2,1-2H3,(H2,18,19,20). The van der Waals surface area contributed by atoms with Crippen molar-refractivity contribution in [2.75, 3.05) is 23.7 Å². The molecular weight excluding hydrogens is 262 g/mol. The highest BCUT2D eigenvalue weighted by molar-refractivity contribution is 5.45. The number of anilines is 2. The van der Waals surface area contributed by atoms with Crippen molar-refractivity contribution >= 4 is 11.8 Å². The van der Waals surface area contributed by atoms with Gasteiger partial charge < -0.3 is 16.4 Å². The Bertz CT molecular complexity index is 487. The monoisotopic (exact) mass is 289 g/mol. The van der Waals surface area contributed by atoms with E-state index in [0.29, 0.717) is 17.9 Å². The van der Waals surface area contributed by atoms with Crippen LogP contribution >= 0.6 is 0 Å². The summed E-state index contributed by atoms with van der Waals surface area (Å²) in [6.07, 6.45) is 4.52. The van der Waals surface area contributed by atoms with Gasteiger partial charge >= 0.3 is 0 Å². The summed E-state index contributed by atoms with van der Waals surface area (Å²) in [6, 6.07) is 2.46. The lowest BCUT2D eigenvalue weighted by Gasteiger charge is -2.36. The quantitative estimate of drug-likeness (QED) is 0.891. The molecule has 2 fully saturated rings. The number of hydrogen-bond acceptors (Lipinski definition) is 5. The number of nitrogens with two attached hydrogens (primary N) is 2. The van der Waals surface area contributed by atoms with Gasteiger partial charge in [-0.3, -0.25) is 0 Å². The molecule has 0 radical (unpaired) electrons.